The van der Waals surface area contributed by atoms with Crippen molar-refractivity contribution in [3.8, 4) is 11.1 Å². The molecule has 2 aromatic carbocycles. The van der Waals surface area contributed by atoms with Gasteiger partial charge in [0.15, 0.2) is 0 Å². The second-order valence-electron chi connectivity index (χ2n) is 9.75. The van der Waals surface area contributed by atoms with Crippen LogP contribution in [0.1, 0.15) is 44.2 Å². The Hall–Kier alpha value is -3.39. The molecule has 0 radical (unpaired) electrons. The number of carbonyl (C=O) groups excluding carboxylic acids is 3. The SMILES string of the molecule is CC(C)(C)OC(=O)[C@H](CC(=O)N1CCOCC1)NC(=O)OCC1c2ccccc2-c2ccccc21. The van der Waals surface area contributed by atoms with Crippen LogP contribution in [-0.4, -0.2) is 67.4 Å². The van der Waals surface area contributed by atoms with E-state index in [0.29, 0.717) is 26.3 Å². The number of rotatable bonds is 6. The van der Waals surface area contributed by atoms with E-state index in [-0.39, 0.29) is 24.9 Å². The van der Waals surface area contributed by atoms with Crippen molar-refractivity contribution < 1.29 is 28.6 Å². The Balaban J connectivity index is 1.43. The molecule has 0 aromatic heterocycles. The average Bonchev–Trinajstić information content (AvgIpc) is 3.15. The third kappa shape index (κ3) is 6.00. The summed E-state index contributed by atoms with van der Waals surface area (Å²) in [6, 6.07) is 14.9. The van der Waals surface area contributed by atoms with Gasteiger partial charge in [0.1, 0.15) is 18.2 Å². The molecule has 1 aliphatic heterocycles. The Labute approximate surface area is 205 Å². The van der Waals surface area contributed by atoms with Crippen LogP contribution in [0.15, 0.2) is 48.5 Å². The van der Waals surface area contributed by atoms with Gasteiger partial charge < -0.3 is 24.4 Å². The molecule has 1 atom stereocenters. The number of amides is 2. The number of nitrogens with zero attached hydrogens (tertiary/aromatic N) is 1. The van der Waals surface area contributed by atoms with Crippen LogP contribution in [0.25, 0.3) is 11.1 Å². The molecule has 2 aromatic rings. The molecular weight excluding hydrogens is 448 g/mol. The van der Waals surface area contributed by atoms with Crippen molar-refractivity contribution in [1.82, 2.24) is 10.2 Å². The molecule has 8 nitrogen and oxygen atoms in total. The second-order valence-corrected chi connectivity index (χ2v) is 9.75. The van der Waals surface area contributed by atoms with E-state index in [1.807, 2.05) is 36.4 Å². The first-order chi connectivity index (χ1) is 16.7. The molecule has 1 aliphatic carbocycles. The lowest BCUT2D eigenvalue weighted by Gasteiger charge is -2.29. The number of nitrogens with one attached hydrogen (secondary N) is 1. The van der Waals surface area contributed by atoms with Gasteiger partial charge in [0.2, 0.25) is 5.91 Å². The van der Waals surface area contributed by atoms with Crippen LogP contribution in [-0.2, 0) is 23.8 Å². The Morgan fingerprint density at radius 3 is 2.14 bits per heavy atom. The van der Waals surface area contributed by atoms with E-state index in [0.717, 1.165) is 22.3 Å². The molecule has 2 amide bonds. The summed E-state index contributed by atoms with van der Waals surface area (Å²) in [4.78, 5) is 40.0. The molecule has 2 aliphatic rings. The Kier molecular flexibility index (Phi) is 7.40. The Morgan fingerprint density at radius 1 is 1.00 bits per heavy atom. The minimum atomic E-state index is -1.15. The van der Waals surface area contributed by atoms with Crippen LogP contribution >= 0.6 is 0 Å². The number of morpholine rings is 1. The fourth-order valence-electron chi connectivity index (χ4n) is 4.47. The lowest BCUT2D eigenvalue weighted by Crippen LogP contribution is -2.49. The number of fused-ring (bicyclic) bond motifs is 3. The lowest BCUT2D eigenvalue weighted by molar-refractivity contribution is -0.159. The van der Waals surface area contributed by atoms with Crippen molar-refractivity contribution in [1.29, 1.82) is 0 Å². The Morgan fingerprint density at radius 2 is 1.57 bits per heavy atom. The largest absolute Gasteiger partial charge is 0.458 e. The van der Waals surface area contributed by atoms with E-state index in [2.05, 4.69) is 17.4 Å². The third-order valence-corrected chi connectivity index (χ3v) is 6.07. The number of benzene rings is 2. The van der Waals surface area contributed by atoms with E-state index in [9.17, 15) is 14.4 Å². The summed E-state index contributed by atoms with van der Waals surface area (Å²) < 4.78 is 16.3. The van der Waals surface area contributed by atoms with Crippen LogP contribution in [0.5, 0.6) is 0 Å². The number of carbonyl (C=O) groups is 3. The Bertz CT molecular complexity index is 1040. The number of esters is 1. The van der Waals surface area contributed by atoms with E-state index >= 15 is 0 Å². The predicted molar refractivity (Wildman–Crippen MR) is 130 cm³/mol. The zero-order valence-electron chi connectivity index (χ0n) is 20.4. The molecule has 1 saturated heterocycles. The van der Waals surface area contributed by atoms with Crippen molar-refractivity contribution in [2.75, 3.05) is 32.9 Å². The zero-order valence-corrected chi connectivity index (χ0v) is 20.4. The maximum atomic E-state index is 12.8. The molecule has 35 heavy (non-hydrogen) atoms. The summed E-state index contributed by atoms with van der Waals surface area (Å²) in [5.74, 6) is -1.03. The van der Waals surface area contributed by atoms with Crippen LogP contribution < -0.4 is 5.32 Å². The molecular formula is C27H32N2O6. The minimum absolute atomic E-state index is 0.108. The molecule has 0 unspecified atom stereocenters. The second kappa shape index (κ2) is 10.5. The van der Waals surface area contributed by atoms with E-state index in [1.54, 1.807) is 25.7 Å². The lowest BCUT2D eigenvalue weighted by atomic mass is 9.98. The molecule has 0 spiro atoms. The van der Waals surface area contributed by atoms with Gasteiger partial charge in [-0.05, 0) is 43.0 Å². The maximum absolute atomic E-state index is 12.8. The highest BCUT2D eigenvalue weighted by atomic mass is 16.6. The van der Waals surface area contributed by atoms with Crippen LogP contribution in [0, 0.1) is 0 Å². The fourth-order valence-corrected chi connectivity index (χ4v) is 4.47. The normalized spacial score (nSPS) is 16.1. The van der Waals surface area contributed by atoms with Gasteiger partial charge in [0.05, 0.1) is 19.6 Å². The van der Waals surface area contributed by atoms with Crippen molar-refractivity contribution in [2.24, 2.45) is 0 Å². The summed E-state index contributed by atoms with van der Waals surface area (Å²) in [7, 11) is 0. The summed E-state index contributed by atoms with van der Waals surface area (Å²) >= 11 is 0. The number of alkyl carbamates (subject to hydrolysis) is 1. The first-order valence-corrected chi connectivity index (χ1v) is 11.9. The van der Waals surface area contributed by atoms with Crippen molar-refractivity contribution >= 4 is 18.0 Å². The van der Waals surface area contributed by atoms with Crippen LogP contribution in [0.3, 0.4) is 0 Å². The molecule has 1 heterocycles. The van der Waals surface area contributed by atoms with Crippen molar-refractivity contribution in [2.45, 2.75) is 44.8 Å². The quantitative estimate of drug-likeness (QED) is 0.636. The number of ether oxygens (including phenoxy) is 3. The topological polar surface area (TPSA) is 94.2 Å². The van der Waals surface area contributed by atoms with Crippen LogP contribution in [0.2, 0.25) is 0 Å². The predicted octanol–water partition coefficient (Wildman–Crippen LogP) is 3.48. The van der Waals surface area contributed by atoms with E-state index in [4.69, 9.17) is 14.2 Å². The van der Waals surface area contributed by atoms with Gasteiger partial charge in [-0.1, -0.05) is 48.5 Å². The summed E-state index contributed by atoms with van der Waals surface area (Å²) in [5.41, 5.74) is 3.67. The van der Waals surface area contributed by atoms with Gasteiger partial charge in [0, 0.05) is 19.0 Å². The molecule has 186 valence electrons. The zero-order chi connectivity index (χ0) is 25.0. The maximum Gasteiger partial charge on any atom is 0.407 e. The minimum Gasteiger partial charge on any atom is -0.458 e. The fraction of sp³-hybridized carbons (Fsp3) is 0.444. The molecule has 8 heteroatoms. The molecule has 0 bridgehead atoms. The van der Waals surface area contributed by atoms with Gasteiger partial charge >= 0.3 is 12.1 Å². The van der Waals surface area contributed by atoms with Gasteiger partial charge in [0.25, 0.3) is 0 Å². The van der Waals surface area contributed by atoms with Crippen molar-refractivity contribution in [3.05, 3.63) is 59.7 Å². The molecule has 1 N–H and O–H groups in total. The highest BCUT2D eigenvalue weighted by molar-refractivity contribution is 5.88. The molecule has 1 fully saturated rings. The summed E-state index contributed by atoms with van der Waals surface area (Å²) in [5, 5.41) is 2.57. The van der Waals surface area contributed by atoms with Gasteiger partial charge in [-0.15, -0.1) is 0 Å². The number of hydrogen-bond acceptors (Lipinski definition) is 6. The molecule has 0 saturated carbocycles. The highest BCUT2D eigenvalue weighted by Crippen LogP contribution is 2.44. The molecule has 4 rings (SSSR count). The van der Waals surface area contributed by atoms with Crippen LogP contribution in [0.4, 0.5) is 4.79 Å². The standard InChI is InChI=1S/C27H32N2O6/c1-27(2,3)35-25(31)23(16-24(30)29-12-14-33-15-13-29)28-26(32)34-17-22-20-10-6-4-8-18(20)19-9-5-7-11-21(19)22/h4-11,22-23H,12-17H2,1-3H3,(H,28,32)/t23-/m0/s1. The highest BCUT2D eigenvalue weighted by Gasteiger charge is 2.33. The number of hydrogen-bond donors (Lipinski definition) is 1. The smallest absolute Gasteiger partial charge is 0.407 e. The monoisotopic (exact) mass is 480 g/mol. The summed E-state index contributed by atoms with van der Waals surface area (Å²) in [6.45, 7) is 7.11. The van der Waals surface area contributed by atoms with Gasteiger partial charge in [-0.3, -0.25) is 4.79 Å². The first kappa shape index (κ1) is 24.7. The van der Waals surface area contributed by atoms with Gasteiger partial charge in [-0.2, -0.15) is 0 Å². The van der Waals surface area contributed by atoms with E-state index in [1.165, 1.54) is 0 Å². The van der Waals surface area contributed by atoms with E-state index < -0.39 is 23.7 Å². The summed E-state index contributed by atoms with van der Waals surface area (Å²) in [6.07, 6.45) is -0.975. The van der Waals surface area contributed by atoms with Crippen molar-refractivity contribution in [3.63, 3.8) is 0 Å². The average molecular weight is 481 g/mol. The first-order valence-electron chi connectivity index (χ1n) is 11.9. The third-order valence-electron chi connectivity index (χ3n) is 6.07. The van der Waals surface area contributed by atoms with Gasteiger partial charge in [-0.25, -0.2) is 9.59 Å².